The first-order chi connectivity index (χ1) is 13.0. The number of likely N-dealkylation sites (N-methyl/N-ethyl adjacent to an activating group) is 1. The Hall–Kier alpha value is -2.60. The molecule has 1 aliphatic heterocycles. The van der Waals surface area contributed by atoms with Crippen LogP contribution in [0.15, 0.2) is 42.6 Å². The van der Waals surface area contributed by atoms with Crippen molar-refractivity contribution in [3.63, 3.8) is 0 Å². The molecule has 27 heavy (non-hydrogen) atoms. The highest BCUT2D eigenvalue weighted by Crippen LogP contribution is 2.20. The number of benzene rings is 1. The molecule has 144 valence electrons. The molecule has 1 aliphatic rings. The van der Waals surface area contributed by atoms with Gasteiger partial charge in [0.15, 0.2) is 0 Å². The van der Waals surface area contributed by atoms with Gasteiger partial charge in [0, 0.05) is 38.1 Å². The third-order valence-electron chi connectivity index (χ3n) is 4.62. The molecule has 1 amide bonds. The molecule has 0 bridgehead atoms. The van der Waals surface area contributed by atoms with Crippen molar-refractivity contribution < 1.29 is 9.53 Å². The van der Waals surface area contributed by atoms with Crippen LogP contribution in [0.25, 0.3) is 0 Å². The van der Waals surface area contributed by atoms with Crippen LogP contribution in [0.3, 0.4) is 0 Å². The van der Waals surface area contributed by atoms with Crippen molar-refractivity contribution in [2.24, 2.45) is 0 Å². The minimum absolute atomic E-state index is 0.0555. The number of anilines is 2. The van der Waals surface area contributed by atoms with Gasteiger partial charge in [0.05, 0.1) is 11.7 Å². The van der Waals surface area contributed by atoms with E-state index in [-0.39, 0.29) is 12.0 Å². The second kappa shape index (κ2) is 8.86. The number of carbonyl (C=O) groups is 1. The first-order valence-electron chi connectivity index (χ1n) is 9.56. The SMILES string of the molecule is CCN1CCN(C(=O)c2ccc(Nc3ccc(OC(C)C)cc3)nc2)CC1. The Morgan fingerprint density at radius 1 is 1.11 bits per heavy atom. The van der Waals surface area contributed by atoms with Crippen molar-refractivity contribution in [1.29, 1.82) is 0 Å². The van der Waals surface area contributed by atoms with Gasteiger partial charge in [-0.05, 0) is 56.8 Å². The van der Waals surface area contributed by atoms with E-state index in [9.17, 15) is 4.79 Å². The number of hydrogen-bond acceptors (Lipinski definition) is 5. The highest BCUT2D eigenvalue weighted by molar-refractivity contribution is 5.94. The van der Waals surface area contributed by atoms with E-state index in [0.29, 0.717) is 11.4 Å². The fourth-order valence-corrected chi connectivity index (χ4v) is 3.08. The van der Waals surface area contributed by atoms with Crippen molar-refractivity contribution in [3.05, 3.63) is 48.2 Å². The molecule has 6 nitrogen and oxygen atoms in total. The molecule has 6 heteroatoms. The molecule has 1 saturated heterocycles. The van der Waals surface area contributed by atoms with Crippen molar-refractivity contribution in [1.82, 2.24) is 14.8 Å². The number of aromatic nitrogens is 1. The van der Waals surface area contributed by atoms with Gasteiger partial charge in [-0.15, -0.1) is 0 Å². The Morgan fingerprint density at radius 3 is 2.37 bits per heavy atom. The van der Waals surface area contributed by atoms with Crippen molar-refractivity contribution in [2.45, 2.75) is 26.9 Å². The number of nitrogens with one attached hydrogen (secondary N) is 1. The predicted molar refractivity (Wildman–Crippen MR) is 108 cm³/mol. The maximum atomic E-state index is 12.6. The molecule has 3 rings (SSSR count). The normalized spacial score (nSPS) is 15.0. The smallest absolute Gasteiger partial charge is 0.255 e. The number of ether oxygens (including phenoxy) is 1. The van der Waals surface area contributed by atoms with Crippen LogP contribution in [-0.2, 0) is 0 Å². The van der Waals surface area contributed by atoms with E-state index in [1.165, 1.54) is 0 Å². The third kappa shape index (κ3) is 5.20. The van der Waals surface area contributed by atoms with Gasteiger partial charge in [0.25, 0.3) is 5.91 Å². The summed E-state index contributed by atoms with van der Waals surface area (Å²) in [5, 5.41) is 3.25. The molecule has 0 atom stereocenters. The van der Waals surface area contributed by atoms with Crippen LogP contribution in [0.4, 0.5) is 11.5 Å². The molecule has 1 N–H and O–H groups in total. The minimum atomic E-state index is 0.0555. The Balaban J connectivity index is 1.57. The van der Waals surface area contributed by atoms with Crippen molar-refractivity contribution in [2.75, 3.05) is 38.0 Å². The molecule has 1 aromatic heterocycles. The molecular formula is C21H28N4O2. The Bertz CT molecular complexity index is 736. The molecule has 2 heterocycles. The third-order valence-corrected chi connectivity index (χ3v) is 4.62. The lowest BCUT2D eigenvalue weighted by molar-refractivity contribution is 0.0643. The van der Waals surface area contributed by atoms with Gasteiger partial charge >= 0.3 is 0 Å². The number of nitrogens with zero attached hydrogens (tertiary/aromatic N) is 3. The van der Waals surface area contributed by atoms with E-state index >= 15 is 0 Å². The predicted octanol–water partition coefficient (Wildman–Crippen LogP) is 3.39. The molecule has 0 unspecified atom stereocenters. The number of amides is 1. The second-order valence-corrected chi connectivity index (χ2v) is 6.97. The number of hydrogen-bond donors (Lipinski definition) is 1. The number of rotatable bonds is 6. The zero-order valence-corrected chi connectivity index (χ0v) is 16.3. The zero-order valence-electron chi connectivity index (χ0n) is 16.3. The minimum Gasteiger partial charge on any atom is -0.491 e. The van der Waals surface area contributed by atoms with E-state index in [1.54, 1.807) is 6.20 Å². The van der Waals surface area contributed by atoms with Crippen molar-refractivity contribution in [3.8, 4) is 5.75 Å². The fourth-order valence-electron chi connectivity index (χ4n) is 3.08. The van der Waals surface area contributed by atoms with Crippen molar-refractivity contribution >= 4 is 17.4 Å². The van der Waals surface area contributed by atoms with E-state index in [1.807, 2.05) is 55.1 Å². The lowest BCUT2D eigenvalue weighted by atomic mass is 10.2. The summed E-state index contributed by atoms with van der Waals surface area (Å²) in [6, 6.07) is 11.4. The average molecular weight is 368 g/mol. The van der Waals surface area contributed by atoms with Gasteiger partial charge in [0.2, 0.25) is 0 Å². The molecular weight excluding hydrogens is 340 g/mol. The topological polar surface area (TPSA) is 57.7 Å². The number of pyridine rings is 1. The summed E-state index contributed by atoms with van der Waals surface area (Å²) in [6.07, 6.45) is 1.80. The average Bonchev–Trinajstić information content (AvgIpc) is 2.69. The first-order valence-corrected chi connectivity index (χ1v) is 9.56. The number of piperazine rings is 1. The first kappa shape index (κ1) is 19.2. The van der Waals surface area contributed by atoms with Gasteiger partial charge in [-0.25, -0.2) is 4.98 Å². The molecule has 0 saturated carbocycles. The fraction of sp³-hybridized carbons (Fsp3) is 0.429. The van der Waals surface area contributed by atoms with Crippen LogP contribution in [0.5, 0.6) is 5.75 Å². The molecule has 1 aromatic carbocycles. The Labute approximate surface area is 161 Å². The maximum absolute atomic E-state index is 12.6. The van der Waals surface area contributed by atoms with Crippen LogP contribution in [0.2, 0.25) is 0 Å². The monoisotopic (exact) mass is 368 g/mol. The maximum Gasteiger partial charge on any atom is 0.255 e. The molecule has 1 fully saturated rings. The highest BCUT2D eigenvalue weighted by Gasteiger charge is 2.21. The lowest BCUT2D eigenvalue weighted by Gasteiger charge is -2.34. The Kier molecular flexibility index (Phi) is 6.29. The van der Waals surface area contributed by atoms with Crippen LogP contribution < -0.4 is 10.1 Å². The standard InChI is InChI=1S/C21H28N4O2/c1-4-24-11-13-25(14-12-24)21(26)17-5-10-20(22-15-17)23-18-6-8-19(9-7-18)27-16(2)3/h5-10,15-16H,4,11-14H2,1-3H3,(H,22,23). The van der Waals surface area contributed by atoms with Gasteiger partial charge < -0.3 is 19.9 Å². The summed E-state index contributed by atoms with van der Waals surface area (Å²) in [5.74, 6) is 1.60. The summed E-state index contributed by atoms with van der Waals surface area (Å²) in [7, 11) is 0. The van der Waals surface area contributed by atoms with Crippen LogP contribution in [0, 0.1) is 0 Å². The highest BCUT2D eigenvalue weighted by atomic mass is 16.5. The second-order valence-electron chi connectivity index (χ2n) is 6.97. The van der Waals surface area contributed by atoms with Crippen LogP contribution in [0.1, 0.15) is 31.1 Å². The van der Waals surface area contributed by atoms with E-state index in [2.05, 4.69) is 22.1 Å². The van der Waals surface area contributed by atoms with Gasteiger partial charge in [0.1, 0.15) is 11.6 Å². The summed E-state index contributed by atoms with van der Waals surface area (Å²) >= 11 is 0. The summed E-state index contributed by atoms with van der Waals surface area (Å²) in [4.78, 5) is 21.3. The number of carbonyl (C=O) groups excluding carboxylic acids is 1. The molecule has 0 aliphatic carbocycles. The van der Waals surface area contributed by atoms with E-state index in [0.717, 1.165) is 44.2 Å². The molecule has 0 spiro atoms. The quantitative estimate of drug-likeness (QED) is 0.847. The molecule has 0 radical (unpaired) electrons. The Morgan fingerprint density at radius 2 is 1.81 bits per heavy atom. The van der Waals surface area contributed by atoms with Gasteiger partial charge in [-0.3, -0.25) is 4.79 Å². The van der Waals surface area contributed by atoms with E-state index in [4.69, 9.17) is 4.74 Å². The van der Waals surface area contributed by atoms with E-state index < -0.39 is 0 Å². The largest absolute Gasteiger partial charge is 0.491 e. The summed E-state index contributed by atoms with van der Waals surface area (Å²) in [5.41, 5.74) is 1.56. The van der Waals surface area contributed by atoms with Crippen LogP contribution in [-0.4, -0.2) is 59.5 Å². The molecule has 2 aromatic rings. The summed E-state index contributed by atoms with van der Waals surface area (Å²) in [6.45, 7) is 10.6. The summed E-state index contributed by atoms with van der Waals surface area (Å²) < 4.78 is 5.64. The van der Waals surface area contributed by atoms with Gasteiger partial charge in [-0.2, -0.15) is 0 Å². The lowest BCUT2D eigenvalue weighted by Crippen LogP contribution is -2.48. The van der Waals surface area contributed by atoms with Crippen LogP contribution >= 0.6 is 0 Å². The zero-order chi connectivity index (χ0) is 19.2. The van der Waals surface area contributed by atoms with Gasteiger partial charge in [-0.1, -0.05) is 6.92 Å².